The van der Waals surface area contributed by atoms with Crippen molar-refractivity contribution in [2.75, 3.05) is 18.5 Å². The molecule has 3 heterocycles. The highest BCUT2D eigenvalue weighted by atomic mass is 32.1. The second-order valence-electron chi connectivity index (χ2n) is 8.43. The van der Waals surface area contributed by atoms with Crippen LogP contribution in [0.25, 0.3) is 20.8 Å². The van der Waals surface area contributed by atoms with E-state index in [0.717, 1.165) is 25.7 Å². The predicted molar refractivity (Wildman–Crippen MR) is 132 cm³/mol. The van der Waals surface area contributed by atoms with Crippen molar-refractivity contribution < 1.29 is 19.1 Å². The molecular weight excluding hydrogens is 464 g/mol. The first kappa shape index (κ1) is 21.3. The molecule has 1 atom stereocenters. The molecule has 3 aromatic carbocycles. The van der Waals surface area contributed by atoms with Gasteiger partial charge in [-0.05, 0) is 42.5 Å². The number of imide groups is 1. The number of nitrogens with zero attached hydrogens (tertiary/aromatic N) is 2. The zero-order chi connectivity index (χ0) is 24.0. The molecule has 2 aliphatic heterocycles. The molecule has 6 rings (SSSR count). The van der Waals surface area contributed by atoms with Crippen LogP contribution in [-0.2, 0) is 15.1 Å². The standard InChI is InChI=1S/C26H20N4O4S/c31-22(27-17-11-9-16(10-12-17)23-28-19-6-2-4-8-21(19)35-23)15-30-24(32)26(29-25(30)33)13-14-34-20-7-3-1-5-18(20)26/h1-12H,13-15H2,(H,27,31)(H,29,33)/t26-/m0/s1. The van der Waals surface area contributed by atoms with Gasteiger partial charge in [0.15, 0.2) is 5.54 Å². The molecule has 1 saturated heterocycles. The lowest BCUT2D eigenvalue weighted by atomic mass is 9.84. The topological polar surface area (TPSA) is 101 Å². The molecule has 0 unspecified atom stereocenters. The van der Waals surface area contributed by atoms with Gasteiger partial charge in [0, 0.05) is 23.2 Å². The number of anilines is 1. The van der Waals surface area contributed by atoms with E-state index in [-0.39, 0.29) is 6.54 Å². The summed E-state index contributed by atoms with van der Waals surface area (Å²) in [6.07, 6.45) is 0.305. The van der Waals surface area contributed by atoms with Gasteiger partial charge in [-0.1, -0.05) is 30.3 Å². The number of hydrogen-bond acceptors (Lipinski definition) is 6. The molecule has 1 aromatic heterocycles. The molecular formula is C26H20N4O4S. The van der Waals surface area contributed by atoms with Crippen LogP contribution in [0.15, 0.2) is 72.8 Å². The smallest absolute Gasteiger partial charge is 0.325 e. The Balaban J connectivity index is 1.16. The molecule has 0 radical (unpaired) electrons. The zero-order valence-corrected chi connectivity index (χ0v) is 19.3. The second kappa shape index (κ2) is 8.21. The summed E-state index contributed by atoms with van der Waals surface area (Å²) < 4.78 is 6.75. The van der Waals surface area contributed by atoms with Crippen molar-refractivity contribution in [2.45, 2.75) is 12.0 Å². The number of carbonyl (C=O) groups is 3. The summed E-state index contributed by atoms with van der Waals surface area (Å²) in [6.45, 7) is -0.0842. The van der Waals surface area contributed by atoms with Crippen molar-refractivity contribution in [3.05, 3.63) is 78.4 Å². The third-order valence-electron chi connectivity index (χ3n) is 6.27. The molecule has 9 heteroatoms. The second-order valence-corrected chi connectivity index (χ2v) is 9.46. The summed E-state index contributed by atoms with van der Waals surface area (Å²) in [7, 11) is 0. The summed E-state index contributed by atoms with van der Waals surface area (Å²) in [4.78, 5) is 44.4. The number of urea groups is 1. The van der Waals surface area contributed by atoms with Gasteiger partial charge in [-0.2, -0.15) is 0 Å². The molecule has 174 valence electrons. The first-order valence-corrected chi connectivity index (χ1v) is 12.0. The van der Waals surface area contributed by atoms with Gasteiger partial charge in [0.25, 0.3) is 5.91 Å². The lowest BCUT2D eigenvalue weighted by Gasteiger charge is -2.33. The highest BCUT2D eigenvalue weighted by Crippen LogP contribution is 2.41. The van der Waals surface area contributed by atoms with Crippen molar-refractivity contribution in [3.63, 3.8) is 0 Å². The highest BCUT2D eigenvalue weighted by Gasteiger charge is 2.55. The molecule has 8 nitrogen and oxygen atoms in total. The summed E-state index contributed by atoms with van der Waals surface area (Å²) in [5, 5.41) is 6.47. The minimum Gasteiger partial charge on any atom is -0.493 e. The van der Waals surface area contributed by atoms with Gasteiger partial charge in [-0.3, -0.25) is 14.5 Å². The van der Waals surface area contributed by atoms with E-state index in [1.54, 1.807) is 41.7 Å². The number of ether oxygens (including phenoxy) is 1. The quantitative estimate of drug-likeness (QED) is 0.424. The Bertz CT molecular complexity index is 1450. The van der Waals surface area contributed by atoms with Gasteiger partial charge in [0.05, 0.1) is 16.8 Å². The van der Waals surface area contributed by atoms with Gasteiger partial charge < -0.3 is 15.4 Å². The molecule has 2 N–H and O–H groups in total. The lowest BCUT2D eigenvalue weighted by Crippen LogP contribution is -2.48. The van der Waals surface area contributed by atoms with Crippen molar-refractivity contribution in [1.29, 1.82) is 0 Å². The maximum absolute atomic E-state index is 13.3. The van der Waals surface area contributed by atoms with Gasteiger partial charge in [0.1, 0.15) is 17.3 Å². The van der Waals surface area contributed by atoms with Gasteiger partial charge in [-0.15, -0.1) is 11.3 Å². The zero-order valence-electron chi connectivity index (χ0n) is 18.5. The predicted octanol–water partition coefficient (Wildman–Crippen LogP) is 4.13. The Morgan fingerprint density at radius 2 is 1.83 bits per heavy atom. The van der Waals surface area contributed by atoms with Gasteiger partial charge in [-0.25, -0.2) is 9.78 Å². The summed E-state index contributed by atoms with van der Waals surface area (Å²) >= 11 is 1.60. The molecule has 1 fully saturated rings. The summed E-state index contributed by atoms with van der Waals surface area (Å²) in [5.74, 6) is -0.342. The molecule has 1 spiro atoms. The van der Waals surface area contributed by atoms with Crippen molar-refractivity contribution in [1.82, 2.24) is 15.2 Å². The van der Waals surface area contributed by atoms with Crippen LogP contribution < -0.4 is 15.4 Å². The molecule has 35 heavy (non-hydrogen) atoms. The monoisotopic (exact) mass is 484 g/mol. The number of fused-ring (bicyclic) bond motifs is 3. The number of amides is 4. The number of carbonyl (C=O) groups excluding carboxylic acids is 3. The van der Waals surface area contributed by atoms with Crippen LogP contribution >= 0.6 is 11.3 Å². The van der Waals surface area contributed by atoms with Gasteiger partial charge >= 0.3 is 6.03 Å². The molecule has 2 aliphatic rings. The van der Waals surface area contributed by atoms with Crippen molar-refractivity contribution in [2.24, 2.45) is 0 Å². The fraction of sp³-hybridized carbons (Fsp3) is 0.154. The fourth-order valence-corrected chi connectivity index (χ4v) is 5.52. The van der Waals surface area contributed by atoms with Gasteiger partial charge in [0.2, 0.25) is 5.91 Å². The Morgan fingerprint density at radius 1 is 1.06 bits per heavy atom. The normalized spacial score (nSPS) is 18.9. The van der Waals surface area contributed by atoms with Crippen LogP contribution in [0.2, 0.25) is 0 Å². The van der Waals surface area contributed by atoms with Crippen LogP contribution in [0.1, 0.15) is 12.0 Å². The Labute approximate surface area is 204 Å². The number of hydrogen-bond donors (Lipinski definition) is 2. The van der Waals surface area contributed by atoms with E-state index < -0.39 is 23.4 Å². The molecule has 4 amide bonds. The Morgan fingerprint density at radius 3 is 2.66 bits per heavy atom. The Hall–Kier alpha value is -4.24. The Kier molecular flexibility index (Phi) is 5.00. The lowest BCUT2D eigenvalue weighted by molar-refractivity contribution is -0.135. The SMILES string of the molecule is O=C(CN1C(=O)N[C@]2(CCOc3ccccc32)C1=O)Nc1ccc(-c2nc3ccccc3s2)cc1. The van der Waals surface area contributed by atoms with E-state index in [0.29, 0.717) is 30.0 Å². The van der Waals surface area contributed by atoms with Crippen LogP contribution in [0, 0.1) is 0 Å². The van der Waals surface area contributed by atoms with E-state index in [4.69, 9.17) is 4.74 Å². The first-order chi connectivity index (χ1) is 17.0. The maximum atomic E-state index is 13.3. The van der Waals surface area contributed by atoms with Crippen molar-refractivity contribution in [3.8, 4) is 16.3 Å². The minimum absolute atomic E-state index is 0.296. The van der Waals surface area contributed by atoms with Crippen molar-refractivity contribution >= 4 is 45.1 Å². The molecule has 0 aliphatic carbocycles. The molecule has 4 aromatic rings. The third-order valence-corrected chi connectivity index (χ3v) is 7.35. The highest BCUT2D eigenvalue weighted by molar-refractivity contribution is 7.21. The third kappa shape index (κ3) is 3.60. The maximum Gasteiger partial charge on any atom is 0.325 e. The average Bonchev–Trinajstić information content (AvgIpc) is 3.40. The summed E-state index contributed by atoms with van der Waals surface area (Å²) in [5.41, 5.74) is 1.86. The van der Waals surface area contributed by atoms with Crippen LogP contribution in [-0.4, -0.2) is 40.9 Å². The minimum atomic E-state index is -1.20. The molecule has 0 saturated carbocycles. The number of rotatable bonds is 4. The van der Waals surface area contributed by atoms with E-state index in [1.807, 2.05) is 42.5 Å². The molecule has 0 bridgehead atoms. The summed E-state index contributed by atoms with van der Waals surface area (Å²) in [6, 6.07) is 21.8. The number of aromatic nitrogens is 1. The van der Waals surface area contributed by atoms with E-state index in [1.165, 1.54) is 0 Å². The largest absolute Gasteiger partial charge is 0.493 e. The van der Waals surface area contributed by atoms with E-state index in [9.17, 15) is 14.4 Å². The number of thiazole rings is 1. The van der Waals surface area contributed by atoms with E-state index >= 15 is 0 Å². The van der Waals surface area contributed by atoms with E-state index in [2.05, 4.69) is 15.6 Å². The van der Waals surface area contributed by atoms with Crippen LogP contribution in [0.5, 0.6) is 5.75 Å². The van der Waals surface area contributed by atoms with Crippen LogP contribution in [0.4, 0.5) is 10.5 Å². The first-order valence-electron chi connectivity index (χ1n) is 11.2. The number of benzene rings is 3. The average molecular weight is 485 g/mol. The fourth-order valence-electron chi connectivity index (χ4n) is 4.55. The van der Waals surface area contributed by atoms with Crippen LogP contribution in [0.3, 0.4) is 0 Å². The number of para-hydroxylation sites is 2. The number of nitrogens with one attached hydrogen (secondary N) is 2.